The first-order valence-electron chi connectivity index (χ1n) is 26.5. The molecule has 16 rings (SSSR count). The van der Waals surface area contributed by atoms with Gasteiger partial charge in [0.05, 0.1) is 27.8 Å². The van der Waals surface area contributed by atoms with E-state index in [1.807, 2.05) is 158 Å². The molecular formula is C68H40N12O. The van der Waals surface area contributed by atoms with Gasteiger partial charge in [-0.3, -0.25) is 9.13 Å². The number of para-hydroxylation sites is 3. The topological polar surface area (TPSA) is 152 Å². The summed E-state index contributed by atoms with van der Waals surface area (Å²) in [5.41, 5.74) is 10.5. The van der Waals surface area contributed by atoms with Crippen LogP contribution in [0.5, 0.6) is 0 Å². The van der Waals surface area contributed by atoms with E-state index in [-0.39, 0.29) is 23.3 Å². The summed E-state index contributed by atoms with van der Waals surface area (Å²) in [7, 11) is 0. The molecule has 7 aromatic heterocycles. The minimum atomic E-state index is 0.198. The Morgan fingerprint density at radius 2 is 0.654 bits per heavy atom. The number of benzene rings is 9. The fourth-order valence-corrected chi connectivity index (χ4v) is 11.1. The van der Waals surface area contributed by atoms with Gasteiger partial charge >= 0.3 is 0 Å². The average molecular weight is 1040 g/mol. The summed E-state index contributed by atoms with van der Waals surface area (Å²) in [5.74, 6) is 3.82. The van der Waals surface area contributed by atoms with Crippen molar-refractivity contribution in [3.8, 4) is 91.9 Å². The predicted molar refractivity (Wildman–Crippen MR) is 318 cm³/mol. The molecule has 81 heavy (non-hydrogen) atoms. The molecule has 9 aromatic carbocycles. The van der Waals surface area contributed by atoms with E-state index in [9.17, 15) is 0 Å². The lowest BCUT2D eigenvalue weighted by Gasteiger charge is -2.12. The molecule has 0 unspecified atom stereocenters. The molecule has 0 radical (unpaired) electrons. The van der Waals surface area contributed by atoms with Crippen molar-refractivity contribution in [1.29, 1.82) is 0 Å². The Morgan fingerprint density at radius 1 is 0.259 bits per heavy atom. The van der Waals surface area contributed by atoms with Crippen molar-refractivity contribution in [2.45, 2.75) is 0 Å². The van der Waals surface area contributed by atoms with Gasteiger partial charge in [0.1, 0.15) is 17.0 Å². The van der Waals surface area contributed by atoms with Gasteiger partial charge in [-0.15, -0.1) is 0 Å². The molecule has 7 heterocycles. The number of fused-ring (bicyclic) bond motifs is 9. The Kier molecular flexibility index (Phi) is 10.5. The van der Waals surface area contributed by atoms with Gasteiger partial charge in [0, 0.05) is 60.1 Å². The number of pyridine rings is 1. The molecule has 13 nitrogen and oxygen atoms in total. The highest BCUT2D eigenvalue weighted by molar-refractivity contribution is 6.19. The van der Waals surface area contributed by atoms with Crippen molar-refractivity contribution in [3.05, 3.63) is 243 Å². The van der Waals surface area contributed by atoms with Gasteiger partial charge in [0.15, 0.2) is 23.3 Å². The van der Waals surface area contributed by atoms with E-state index < -0.39 is 0 Å². The molecule has 0 N–H and O–H groups in total. The lowest BCUT2D eigenvalue weighted by atomic mass is 10.0. The van der Waals surface area contributed by atoms with Crippen LogP contribution in [0.15, 0.2) is 247 Å². The van der Waals surface area contributed by atoms with Gasteiger partial charge in [-0.1, -0.05) is 194 Å². The van der Waals surface area contributed by atoms with E-state index in [0.717, 1.165) is 105 Å². The largest absolute Gasteiger partial charge is 0.456 e. The molecule has 0 spiro atoms. The normalized spacial score (nSPS) is 11.7. The van der Waals surface area contributed by atoms with E-state index in [4.69, 9.17) is 54.3 Å². The molecule has 0 amide bonds. The van der Waals surface area contributed by atoms with E-state index in [1.54, 1.807) is 0 Å². The zero-order chi connectivity index (χ0) is 53.4. The van der Waals surface area contributed by atoms with Crippen LogP contribution in [-0.4, -0.2) is 59.0 Å². The van der Waals surface area contributed by atoms with Crippen LogP contribution in [0.3, 0.4) is 0 Å². The first-order chi connectivity index (χ1) is 40.1. The second kappa shape index (κ2) is 18.6. The molecule has 0 aliphatic rings. The number of furan rings is 1. The van der Waals surface area contributed by atoms with E-state index in [0.29, 0.717) is 29.2 Å². The number of hydrogen-bond donors (Lipinski definition) is 0. The Bertz CT molecular complexity index is 4860. The van der Waals surface area contributed by atoms with Crippen molar-refractivity contribution in [1.82, 2.24) is 59.0 Å². The minimum absolute atomic E-state index is 0.198. The molecule has 13 heteroatoms. The third kappa shape index (κ3) is 7.78. The van der Waals surface area contributed by atoms with Crippen LogP contribution < -0.4 is 0 Å². The number of hydrogen-bond acceptors (Lipinski definition) is 11. The van der Waals surface area contributed by atoms with Crippen LogP contribution in [-0.2, 0) is 0 Å². The van der Waals surface area contributed by atoms with Crippen LogP contribution in [0.1, 0.15) is 0 Å². The molecule has 0 atom stereocenters. The number of aromatic nitrogens is 12. The van der Waals surface area contributed by atoms with Crippen LogP contribution >= 0.6 is 0 Å². The third-order valence-electron chi connectivity index (χ3n) is 14.7. The molecular weight excluding hydrogens is 1000 g/mol. The zero-order valence-electron chi connectivity index (χ0n) is 42.9. The quantitative estimate of drug-likeness (QED) is 0.136. The van der Waals surface area contributed by atoms with Gasteiger partial charge in [-0.05, 0) is 48.5 Å². The highest BCUT2D eigenvalue weighted by Gasteiger charge is 2.25. The lowest BCUT2D eigenvalue weighted by Crippen LogP contribution is -2.10. The summed E-state index contributed by atoms with van der Waals surface area (Å²) < 4.78 is 10.7. The van der Waals surface area contributed by atoms with Gasteiger partial charge in [-0.25, -0.2) is 39.9 Å². The van der Waals surface area contributed by atoms with Crippen LogP contribution in [0.2, 0.25) is 0 Å². The number of nitrogens with zero attached hydrogens (tertiary/aromatic N) is 12. The Morgan fingerprint density at radius 3 is 1.19 bits per heavy atom. The van der Waals surface area contributed by atoms with E-state index in [1.165, 1.54) is 0 Å². The second-order valence-corrected chi connectivity index (χ2v) is 19.6. The van der Waals surface area contributed by atoms with Gasteiger partial charge in [-0.2, -0.15) is 9.97 Å². The Balaban J connectivity index is 0.949. The first-order valence-corrected chi connectivity index (χ1v) is 26.5. The molecule has 0 fully saturated rings. The SMILES string of the molecule is c1ccc(-c2nc(-c3ccccc3)nc(-c3nc(-c4nc(-c5ccccc5)nc(-c5ccccc5)n4)nc(-n4c5ccccc5c5cc6c(cc54)c4ccccc4n6-c4cccc(-c5cccc6oc7ccccc7c56)n4)n3)n2)cc1. The van der Waals surface area contributed by atoms with Crippen molar-refractivity contribution in [3.63, 3.8) is 0 Å². The first kappa shape index (κ1) is 45.7. The molecule has 378 valence electrons. The molecule has 0 bridgehead atoms. The lowest BCUT2D eigenvalue weighted by molar-refractivity contribution is 0.669. The molecule has 0 saturated carbocycles. The van der Waals surface area contributed by atoms with E-state index in [2.05, 4.69) is 94.1 Å². The van der Waals surface area contributed by atoms with Gasteiger partial charge in [0.2, 0.25) is 29.2 Å². The van der Waals surface area contributed by atoms with Crippen molar-refractivity contribution >= 4 is 65.6 Å². The second-order valence-electron chi connectivity index (χ2n) is 19.6. The average Bonchev–Trinajstić information content (AvgIpc) is 3.94. The van der Waals surface area contributed by atoms with E-state index >= 15 is 0 Å². The summed E-state index contributed by atoms with van der Waals surface area (Å²) >= 11 is 0. The van der Waals surface area contributed by atoms with Crippen LogP contribution in [0.4, 0.5) is 0 Å². The smallest absolute Gasteiger partial charge is 0.239 e. The maximum absolute atomic E-state index is 6.32. The van der Waals surface area contributed by atoms with Crippen LogP contribution in [0, 0.1) is 0 Å². The third-order valence-corrected chi connectivity index (χ3v) is 14.7. The fourth-order valence-electron chi connectivity index (χ4n) is 11.1. The summed E-state index contributed by atoms with van der Waals surface area (Å²) in [6, 6.07) is 81.2. The summed E-state index contributed by atoms with van der Waals surface area (Å²) in [4.78, 5) is 51.9. The van der Waals surface area contributed by atoms with Crippen molar-refractivity contribution in [2.75, 3.05) is 0 Å². The highest BCUT2D eigenvalue weighted by atomic mass is 16.3. The van der Waals surface area contributed by atoms with Gasteiger partial charge < -0.3 is 4.42 Å². The predicted octanol–water partition coefficient (Wildman–Crippen LogP) is 15.4. The highest BCUT2D eigenvalue weighted by Crippen LogP contribution is 2.41. The van der Waals surface area contributed by atoms with Gasteiger partial charge in [0.25, 0.3) is 0 Å². The van der Waals surface area contributed by atoms with Crippen LogP contribution in [0.25, 0.3) is 157 Å². The van der Waals surface area contributed by atoms with Crippen molar-refractivity contribution in [2.24, 2.45) is 0 Å². The maximum atomic E-state index is 6.32. The fraction of sp³-hybridized carbons (Fsp3) is 0. The Labute approximate surface area is 461 Å². The maximum Gasteiger partial charge on any atom is 0.239 e. The monoisotopic (exact) mass is 1040 g/mol. The summed E-state index contributed by atoms with van der Waals surface area (Å²) in [6.07, 6.45) is 0. The summed E-state index contributed by atoms with van der Waals surface area (Å²) in [5, 5.41) is 6.12. The van der Waals surface area contributed by atoms with Crippen molar-refractivity contribution < 1.29 is 4.42 Å². The molecule has 0 aliphatic carbocycles. The standard InChI is InChI=1S/C68H40N12O/c1-5-21-41(22-6-1)60-70-61(42-23-7-2-8-24-42)73-64(72-60)66-76-67(65-74-62(43-25-9-3-10-26-43)71-63(75-65)44-27-11-4-12-28-44)78-68(77-66)80-53-35-17-14-30-46(53)50-39-54-49(40-55(50)80)45-29-13-16-34-52(45)79(54)58-38-20-33-51(69-58)47-32-19-37-57-59(47)48-31-15-18-36-56(48)81-57/h1-40H. The summed E-state index contributed by atoms with van der Waals surface area (Å²) in [6.45, 7) is 0. The zero-order valence-corrected chi connectivity index (χ0v) is 42.9. The minimum Gasteiger partial charge on any atom is -0.456 e. The molecule has 0 saturated heterocycles. The molecule has 0 aliphatic heterocycles. The number of rotatable bonds is 9. The Hall–Kier alpha value is -11.4. The molecule has 16 aromatic rings.